The van der Waals surface area contributed by atoms with Gasteiger partial charge in [0, 0.05) is 18.4 Å². The Kier molecular flexibility index (Phi) is 6.87. The van der Waals surface area contributed by atoms with Gasteiger partial charge in [-0.25, -0.2) is 4.79 Å². The second kappa shape index (κ2) is 8.43. The number of hydrogen-bond donors (Lipinski definition) is 1. The molecule has 0 aliphatic heterocycles. The predicted molar refractivity (Wildman–Crippen MR) is 78.0 cm³/mol. The van der Waals surface area contributed by atoms with Gasteiger partial charge in [0.15, 0.2) is 0 Å². The van der Waals surface area contributed by atoms with Crippen LogP contribution in [0.4, 0.5) is 5.69 Å². The lowest BCUT2D eigenvalue weighted by Crippen LogP contribution is -2.12. The molecule has 0 aromatic heterocycles. The average molecular weight is 281 g/mol. The molecule has 0 radical (unpaired) electrons. The third-order valence-electron chi connectivity index (χ3n) is 2.75. The fourth-order valence-corrected chi connectivity index (χ4v) is 1.57. The molecule has 0 spiro atoms. The van der Waals surface area contributed by atoms with E-state index < -0.39 is 5.97 Å². The van der Waals surface area contributed by atoms with Crippen LogP contribution in [0.5, 0.6) is 5.75 Å². The van der Waals surface area contributed by atoms with E-state index in [1.807, 2.05) is 0 Å². The number of anilines is 1. The second-order valence-electron chi connectivity index (χ2n) is 4.89. The molecule has 0 atom stereocenters. The highest BCUT2D eigenvalue weighted by atomic mass is 16.6. The Morgan fingerprint density at radius 1 is 1.25 bits per heavy atom. The Morgan fingerprint density at radius 2 is 2.00 bits per heavy atom. The summed E-state index contributed by atoms with van der Waals surface area (Å²) in [4.78, 5) is 11.9. The summed E-state index contributed by atoms with van der Waals surface area (Å²) in [5.74, 6) is 0.585. The van der Waals surface area contributed by atoms with Crippen molar-refractivity contribution in [3.05, 3.63) is 23.8 Å². The van der Waals surface area contributed by atoms with Gasteiger partial charge in [-0.05, 0) is 24.5 Å². The maximum atomic E-state index is 11.9. The monoisotopic (exact) mass is 281 g/mol. The molecule has 0 unspecified atom stereocenters. The molecular weight excluding hydrogens is 258 g/mol. The smallest absolute Gasteiger partial charge is 0.342 e. The topological polar surface area (TPSA) is 70.8 Å². The molecule has 112 valence electrons. The zero-order valence-corrected chi connectivity index (χ0v) is 12.3. The predicted octanol–water partition coefficient (Wildman–Crippen LogP) is 2.50. The molecule has 2 N–H and O–H groups in total. The zero-order valence-electron chi connectivity index (χ0n) is 12.3. The van der Waals surface area contributed by atoms with E-state index in [9.17, 15) is 4.79 Å². The van der Waals surface area contributed by atoms with E-state index in [1.165, 1.54) is 7.11 Å². The summed E-state index contributed by atoms with van der Waals surface area (Å²) in [5, 5.41) is 0. The molecule has 5 heteroatoms. The van der Waals surface area contributed by atoms with Gasteiger partial charge in [-0.1, -0.05) is 13.8 Å². The van der Waals surface area contributed by atoms with Crippen molar-refractivity contribution in [2.75, 3.05) is 32.7 Å². The maximum absolute atomic E-state index is 11.9. The van der Waals surface area contributed by atoms with Crippen LogP contribution >= 0.6 is 0 Å². The quantitative estimate of drug-likeness (QED) is 0.450. The van der Waals surface area contributed by atoms with Gasteiger partial charge in [0.2, 0.25) is 0 Å². The fraction of sp³-hybridized carbons (Fsp3) is 0.533. The largest absolute Gasteiger partial charge is 0.496 e. The molecule has 1 aromatic carbocycles. The van der Waals surface area contributed by atoms with Crippen LogP contribution in [0.1, 0.15) is 30.6 Å². The summed E-state index contributed by atoms with van der Waals surface area (Å²) < 4.78 is 15.6. The number of esters is 1. The number of benzene rings is 1. The minimum atomic E-state index is -0.436. The van der Waals surface area contributed by atoms with Gasteiger partial charge in [-0.3, -0.25) is 0 Å². The summed E-state index contributed by atoms with van der Waals surface area (Å²) in [7, 11) is 1.49. The molecule has 1 rings (SSSR count). The van der Waals surface area contributed by atoms with E-state index in [4.69, 9.17) is 19.9 Å². The van der Waals surface area contributed by atoms with Crippen LogP contribution in [0, 0.1) is 5.92 Å². The lowest BCUT2D eigenvalue weighted by atomic mass is 10.1. The number of nitrogens with two attached hydrogens (primary N) is 1. The van der Waals surface area contributed by atoms with Gasteiger partial charge in [0.05, 0.1) is 13.7 Å². The van der Waals surface area contributed by atoms with Gasteiger partial charge >= 0.3 is 5.97 Å². The van der Waals surface area contributed by atoms with Crippen LogP contribution in [0.15, 0.2) is 18.2 Å². The first-order valence-corrected chi connectivity index (χ1v) is 6.73. The number of rotatable bonds is 8. The number of ether oxygens (including phenoxy) is 3. The van der Waals surface area contributed by atoms with Crippen molar-refractivity contribution >= 4 is 11.7 Å². The van der Waals surface area contributed by atoms with E-state index in [1.54, 1.807) is 18.2 Å². The van der Waals surface area contributed by atoms with E-state index >= 15 is 0 Å². The Balaban J connectivity index is 2.36. The SMILES string of the molecule is COc1cc(N)ccc1C(=O)OCCOCCC(C)C. The number of carbonyl (C=O) groups is 1. The molecule has 0 aliphatic rings. The molecule has 0 bridgehead atoms. The van der Waals surface area contributed by atoms with E-state index in [0.29, 0.717) is 36.1 Å². The lowest BCUT2D eigenvalue weighted by molar-refractivity contribution is 0.0300. The first-order valence-electron chi connectivity index (χ1n) is 6.73. The number of hydrogen-bond acceptors (Lipinski definition) is 5. The number of carbonyl (C=O) groups excluding carboxylic acids is 1. The first kappa shape index (κ1) is 16.3. The summed E-state index contributed by atoms with van der Waals surface area (Å²) >= 11 is 0. The zero-order chi connectivity index (χ0) is 15.0. The minimum Gasteiger partial charge on any atom is -0.496 e. The highest BCUT2D eigenvalue weighted by Gasteiger charge is 2.13. The van der Waals surface area contributed by atoms with E-state index in [-0.39, 0.29) is 6.61 Å². The Hall–Kier alpha value is -1.75. The van der Waals surface area contributed by atoms with E-state index in [2.05, 4.69) is 13.8 Å². The molecule has 1 aromatic rings. The Morgan fingerprint density at radius 3 is 2.65 bits per heavy atom. The molecule has 20 heavy (non-hydrogen) atoms. The van der Waals surface area contributed by atoms with Crippen LogP contribution < -0.4 is 10.5 Å². The Bertz CT molecular complexity index is 432. The molecule has 0 fully saturated rings. The average Bonchev–Trinajstić information content (AvgIpc) is 2.41. The van der Waals surface area contributed by atoms with Crippen molar-refractivity contribution < 1.29 is 19.0 Å². The normalized spacial score (nSPS) is 10.6. The number of methoxy groups -OCH3 is 1. The van der Waals surface area contributed by atoms with Gasteiger partial charge in [-0.15, -0.1) is 0 Å². The lowest BCUT2D eigenvalue weighted by Gasteiger charge is -2.10. The summed E-state index contributed by atoms with van der Waals surface area (Å²) in [6.45, 7) is 5.58. The van der Waals surface area contributed by atoms with Crippen molar-refractivity contribution in [3.8, 4) is 5.75 Å². The first-order chi connectivity index (χ1) is 9.54. The van der Waals surface area contributed by atoms with Gasteiger partial charge in [0.1, 0.15) is 17.9 Å². The maximum Gasteiger partial charge on any atom is 0.342 e. The molecule has 0 heterocycles. The molecule has 0 saturated heterocycles. The summed E-state index contributed by atoms with van der Waals surface area (Å²) in [6, 6.07) is 4.82. The van der Waals surface area contributed by atoms with Crippen molar-refractivity contribution in [1.29, 1.82) is 0 Å². The molecular formula is C15H23NO4. The van der Waals surface area contributed by atoms with Crippen LogP contribution in [-0.2, 0) is 9.47 Å². The van der Waals surface area contributed by atoms with Crippen LogP contribution in [-0.4, -0.2) is 32.9 Å². The molecule has 5 nitrogen and oxygen atoms in total. The van der Waals surface area contributed by atoms with E-state index in [0.717, 1.165) is 6.42 Å². The third kappa shape index (κ3) is 5.48. The molecule has 0 amide bonds. The van der Waals surface area contributed by atoms with Crippen LogP contribution in [0.3, 0.4) is 0 Å². The summed E-state index contributed by atoms with van der Waals surface area (Å²) in [6.07, 6.45) is 1.000. The van der Waals surface area contributed by atoms with Gasteiger partial charge < -0.3 is 19.9 Å². The van der Waals surface area contributed by atoms with Crippen molar-refractivity contribution in [1.82, 2.24) is 0 Å². The standard InChI is InChI=1S/C15H23NO4/c1-11(2)6-7-19-8-9-20-15(17)13-5-4-12(16)10-14(13)18-3/h4-5,10-11H,6-9,16H2,1-3H3. The molecule has 0 aliphatic carbocycles. The molecule has 0 saturated carbocycles. The third-order valence-corrected chi connectivity index (χ3v) is 2.75. The van der Waals surface area contributed by atoms with Crippen molar-refractivity contribution in [2.24, 2.45) is 5.92 Å². The minimum absolute atomic E-state index is 0.227. The van der Waals surface area contributed by atoms with Gasteiger partial charge in [-0.2, -0.15) is 0 Å². The van der Waals surface area contributed by atoms with Crippen LogP contribution in [0.25, 0.3) is 0 Å². The van der Waals surface area contributed by atoms with Crippen molar-refractivity contribution in [3.63, 3.8) is 0 Å². The fourth-order valence-electron chi connectivity index (χ4n) is 1.57. The van der Waals surface area contributed by atoms with Crippen molar-refractivity contribution in [2.45, 2.75) is 20.3 Å². The highest BCUT2D eigenvalue weighted by molar-refractivity contribution is 5.93. The van der Waals surface area contributed by atoms with Gasteiger partial charge in [0.25, 0.3) is 0 Å². The highest BCUT2D eigenvalue weighted by Crippen LogP contribution is 2.22. The Labute approximate surface area is 120 Å². The number of nitrogen functional groups attached to an aromatic ring is 1. The second-order valence-corrected chi connectivity index (χ2v) is 4.89. The van der Waals surface area contributed by atoms with Crippen LogP contribution in [0.2, 0.25) is 0 Å². The summed E-state index contributed by atoms with van der Waals surface area (Å²) in [5.41, 5.74) is 6.53.